The highest BCUT2D eigenvalue weighted by Gasteiger charge is 2.24. The van der Waals surface area contributed by atoms with Gasteiger partial charge < -0.3 is 0 Å². The molecule has 5 nitrogen and oxygen atoms in total. The van der Waals surface area contributed by atoms with Gasteiger partial charge in [0.05, 0.1) is 6.04 Å². The summed E-state index contributed by atoms with van der Waals surface area (Å²) in [5.41, 5.74) is 0. The molecule has 1 aromatic heterocycles. The van der Waals surface area contributed by atoms with Crippen molar-refractivity contribution in [2.45, 2.75) is 32.2 Å². The van der Waals surface area contributed by atoms with E-state index >= 15 is 0 Å². The lowest BCUT2D eigenvalue weighted by Gasteiger charge is -2.29. The molecule has 0 aromatic carbocycles. The van der Waals surface area contributed by atoms with Gasteiger partial charge in [-0.2, -0.15) is 5.10 Å². The van der Waals surface area contributed by atoms with Crippen LogP contribution in [0.1, 0.15) is 37.0 Å². The number of nitrogens with zero attached hydrogens (tertiary/aromatic N) is 4. The van der Waals surface area contributed by atoms with Gasteiger partial charge >= 0.3 is 0 Å². The second-order valence-electron chi connectivity index (χ2n) is 3.89. The lowest BCUT2D eigenvalue weighted by Crippen LogP contribution is -2.39. The molecule has 0 saturated carbocycles. The monoisotopic (exact) mass is 195 g/mol. The molecule has 1 aromatic rings. The van der Waals surface area contributed by atoms with Gasteiger partial charge in [0.25, 0.3) is 0 Å². The molecular weight excluding hydrogens is 178 g/mol. The highest BCUT2D eigenvalue weighted by Crippen LogP contribution is 2.25. The highest BCUT2D eigenvalue weighted by atomic mass is 15.4. The van der Waals surface area contributed by atoms with E-state index in [1.807, 2.05) is 19.0 Å². The van der Waals surface area contributed by atoms with Crippen LogP contribution in [0.4, 0.5) is 0 Å². The Bertz CT molecular complexity index is 300. The van der Waals surface area contributed by atoms with E-state index < -0.39 is 0 Å². The number of nitrogens with two attached hydrogens (primary N) is 1. The molecule has 0 bridgehead atoms. The van der Waals surface area contributed by atoms with Crippen molar-refractivity contribution in [3.8, 4) is 0 Å². The Hall–Kier alpha value is -0.940. The maximum Gasteiger partial charge on any atom is 0.169 e. The second-order valence-corrected chi connectivity index (χ2v) is 3.89. The molecule has 1 fully saturated rings. The molecule has 0 amide bonds. The second kappa shape index (κ2) is 3.67. The molecule has 1 aliphatic heterocycles. The van der Waals surface area contributed by atoms with Crippen LogP contribution < -0.4 is 5.84 Å². The Morgan fingerprint density at radius 2 is 2.21 bits per heavy atom. The van der Waals surface area contributed by atoms with Gasteiger partial charge in [-0.25, -0.2) is 9.99 Å². The highest BCUT2D eigenvalue weighted by molar-refractivity contribution is 4.98. The molecule has 0 radical (unpaired) electrons. The molecule has 0 aliphatic carbocycles. The van der Waals surface area contributed by atoms with Crippen LogP contribution in [0.5, 0.6) is 0 Å². The molecule has 1 unspecified atom stereocenters. The predicted octanol–water partition coefficient (Wildman–Crippen LogP) is 0.524. The largest absolute Gasteiger partial charge is 0.268 e. The summed E-state index contributed by atoms with van der Waals surface area (Å²) in [5.74, 6) is 7.73. The summed E-state index contributed by atoms with van der Waals surface area (Å²) in [7, 11) is 1.91. The average molecular weight is 195 g/mol. The van der Waals surface area contributed by atoms with Crippen molar-refractivity contribution in [1.29, 1.82) is 0 Å². The van der Waals surface area contributed by atoms with E-state index in [0.29, 0.717) is 0 Å². The zero-order chi connectivity index (χ0) is 10.1. The van der Waals surface area contributed by atoms with Crippen LogP contribution in [0.3, 0.4) is 0 Å². The standard InChI is InChI=1S/C9H17N5/c1-7-11-9(12-13(7)2)8-5-3-4-6-14(8)10/h8H,3-6,10H2,1-2H3. The number of rotatable bonds is 1. The van der Waals surface area contributed by atoms with Gasteiger partial charge in [0.2, 0.25) is 0 Å². The van der Waals surface area contributed by atoms with Crippen molar-refractivity contribution in [3.63, 3.8) is 0 Å². The first kappa shape index (κ1) is 9.61. The number of aryl methyl sites for hydroxylation is 2. The molecule has 2 heterocycles. The van der Waals surface area contributed by atoms with Crippen molar-refractivity contribution >= 4 is 0 Å². The number of hydrogen-bond acceptors (Lipinski definition) is 4. The minimum Gasteiger partial charge on any atom is -0.268 e. The summed E-state index contributed by atoms with van der Waals surface area (Å²) in [5, 5.41) is 6.23. The zero-order valence-electron chi connectivity index (χ0n) is 8.77. The van der Waals surface area contributed by atoms with Crippen LogP contribution in [0, 0.1) is 6.92 Å². The van der Waals surface area contributed by atoms with E-state index in [1.54, 1.807) is 4.68 Å². The van der Waals surface area contributed by atoms with Gasteiger partial charge in [-0.1, -0.05) is 6.42 Å². The molecule has 78 valence electrons. The first-order valence-electron chi connectivity index (χ1n) is 5.07. The Kier molecular flexibility index (Phi) is 2.52. The van der Waals surface area contributed by atoms with Crippen molar-refractivity contribution in [1.82, 2.24) is 19.8 Å². The fourth-order valence-electron chi connectivity index (χ4n) is 1.86. The van der Waals surface area contributed by atoms with E-state index in [1.165, 1.54) is 12.8 Å². The van der Waals surface area contributed by atoms with Crippen molar-refractivity contribution in [2.75, 3.05) is 6.54 Å². The summed E-state index contributed by atoms with van der Waals surface area (Å²) >= 11 is 0. The van der Waals surface area contributed by atoms with Gasteiger partial charge in [0.1, 0.15) is 5.82 Å². The van der Waals surface area contributed by atoms with Gasteiger partial charge in [0, 0.05) is 13.6 Å². The minimum atomic E-state index is 0.212. The Morgan fingerprint density at radius 3 is 2.79 bits per heavy atom. The van der Waals surface area contributed by atoms with Crippen LogP contribution in [-0.4, -0.2) is 26.3 Å². The topological polar surface area (TPSA) is 60.0 Å². The molecule has 5 heteroatoms. The lowest BCUT2D eigenvalue weighted by atomic mass is 10.0. The molecule has 0 spiro atoms. The fraction of sp³-hybridized carbons (Fsp3) is 0.778. The van der Waals surface area contributed by atoms with Gasteiger partial charge in [-0.3, -0.25) is 10.5 Å². The van der Waals surface area contributed by atoms with E-state index in [9.17, 15) is 0 Å². The summed E-state index contributed by atoms with van der Waals surface area (Å²) in [6.07, 6.45) is 3.47. The van der Waals surface area contributed by atoms with Crippen LogP contribution in [0.15, 0.2) is 0 Å². The number of aromatic nitrogens is 3. The molecule has 1 atom stereocenters. The summed E-state index contributed by atoms with van der Waals surface area (Å²) in [6, 6.07) is 0.212. The van der Waals surface area contributed by atoms with Crippen molar-refractivity contribution in [3.05, 3.63) is 11.6 Å². The van der Waals surface area contributed by atoms with Crippen molar-refractivity contribution < 1.29 is 0 Å². The summed E-state index contributed by atoms with van der Waals surface area (Å²) in [4.78, 5) is 4.41. The molecular formula is C9H17N5. The number of hydrazine groups is 1. The Balaban J connectivity index is 2.20. The SMILES string of the molecule is Cc1nc(C2CCCCN2N)nn1C. The third-order valence-corrected chi connectivity index (χ3v) is 2.84. The average Bonchev–Trinajstić information content (AvgIpc) is 2.48. The van der Waals surface area contributed by atoms with Crippen molar-refractivity contribution in [2.24, 2.45) is 12.9 Å². The molecule has 2 rings (SSSR count). The van der Waals surface area contributed by atoms with Crippen LogP contribution in [0.25, 0.3) is 0 Å². The third-order valence-electron chi connectivity index (χ3n) is 2.84. The summed E-state index contributed by atoms with van der Waals surface area (Å²) in [6.45, 7) is 2.90. The summed E-state index contributed by atoms with van der Waals surface area (Å²) < 4.78 is 1.80. The van der Waals surface area contributed by atoms with E-state index in [4.69, 9.17) is 5.84 Å². The molecule has 1 saturated heterocycles. The van der Waals surface area contributed by atoms with E-state index in [-0.39, 0.29) is 6.04 Å². The van der Waals surface area contributed by atoms with Crippen LogP contribution >= 0.6 is 0 Å². The first-order valence-corrected chi connectivity index (χ1v) is 5.07. The molecule has 14 heavy (non-hydrogen) atoms. The smallest absolute Gasteiger partial charge is 0.169 e. The Morgan fingerprint density at radius 1 is 1.43 bits per heavy atom. The van der Waals surface area contributed by atoms with E-state index in [2.05, 4.69) is 10.1 Å². The Labute approximate surface area is 83.9 Å². The van der Waals surface area contributed by atoms with Crippen LogP contribution in [-0.2, 0) is 7.05 Å². The molecule has 1 aliphatic rings. The number of piperidine rings is 1. The maximum atomic E-state index is 5.91. The quantitative estimate of drug-likeness (QED) is 0.664. The predicted molar refractivity (Wildman–Crippen MR) is 53.2 cm³/mol. The van der Waals surface area contributed by atoms with Gasteiger partial charge in [-0.05, 0) is 19.8 Å². The minimum absolute atomic E-state index is 0.212. The zero-order valence-corrected chi connectivity index (χ0v) is 8.77. The fourth-order valence-corrected chi connectivity index (χ4v) is 1.86. The van der Waals surface area contributed by atoms with E-state index in [0.717, 1.165) is 24.6 Å². The van der Waals surface area contributed by atoms with Gasteiger partial charge in [-0.15, -0.1) is 0 Å². The normalized spacial score (nSPS) is 24.1. The third kappa shape index (κ3) is 1.65. The lowest BCUT2D eigenvalue weighted by molar-refractivity contribution is 0.144. The van der Waals surface area contributed by atoms with Crippen LogP contribution in [0.2, 0.25) is 0 Å². The molecule has 2 N–H and O–H groups in total. The maximum absolute atomic E-state index is 5.91. The number of hydrogen-bond donors (Lipinski definition) is 1. The first-order chi connectivity index (χ1) is 6.68. The van der Waals surface area contributed by atoms with Gasteiger partial charge in [0.15, 0.2) is 5.82 Å².